The van der Waals surface area contributed by atoms with Crippen molar-refractivity contribution in [3.63, 3.8) is 0 Å². The predicted molar refractivity (Wildman–Crippen MR) is 60.3 cm³/mol. The number of rotatable bonds is 0. The van der Waals surface area contributed by atoms with Crippen LogP contribution in [0.4, 0.5) is 5.69 Å². The molecular formula is C11H14BrN. The number of anilines is 1. The largest absolute Gasteiger partial charge is 0.374 e. The second kappa shape index (κ2) is 3.33. The molecule has 2 heteroatoms. The number of hydrogen-bond donors (Lipinski definition) is 0. The lowest BCUT2D eigenvalue weighted by molar-refractivity contribution is 0.550. The second-order valence-corrected chi connectivity index (χ2v) is 4.78. The van der Waals surface area contributed by atoms with Gasteiger partial charge in [-0.05, 0) is 30.0 Å². The fraction of sp³-hybridized carbons (Fsp3) is 0.455. The van der Waals surface area contributed by atoms with E-state index in [1.165, 1.54) is 28.7 Å². The van der Waals surface area contributed by atoms with Crippen LogP contribution in [0.15, 0.2) is 22.7 Å². The van der Waals surface area contributed by atoms with E-state index in [1.807, 2.05) is 0 Å². The summed E-state index contributed by atoms with van der Waals surface area (Å²) in [6.45, 7) is 3.47. The van der Waals surface area contributed by atoms with Gasteiger partial charge in [0.15, 0.2) is 0 Å². The van der Waals surface area contributed by atoms with Crippen LogP contribution in [-0.4, -0.2) is 13.6 Å². The average molecular weight is 240 g/mol. The van der Waals surface area contributed by atoms with Crippen LogP contribution in [0.5, 0.6) is 0 Å². The molecule has 1 nitrogen and oxygen atoms in total. The van der Waals surface area contributed by atoms with E-state index >= 15 is 0 Å². The van der Waals surface area contributed by atoms with Crippen LogP contribution in [0.25, 0.3) is 0 Å². The number of fused-ring (bicyclic) bond motifs is 1. The van der Waals surface area contributed by atoms with Gasteiger partial charge in [-0.25, -0.2) is 0 Å². The zero-order valence-corrected chi connectivity index (χ0v) is 9.63. The first-order valence-corrected chi connectivity index (χ1v) is 5.46. The van der Waals surface area contributed by atoms with E-state index < -0.39 is 0 Å². The average Bonchev–Trinajstić information content (AvgIpc) is 2.07. The van der Waals surface area contributed by atoms with Crippen molar-refractivity contribution in [3.8, 4) is 0 Å². The Labute approximate surface area is 87.9 Å². The highest BCUT2D eigenvalue weighted by Crippen LogP contribution is 2.33. The van der Waals surface area contributed by atoms with Gasteiger partial charge < -0.3 is 4.90 Å². The smallest absolute Gasteiger partial charge is 0.0407 e. The van der Waals surface area contributed by atoms with Crippen LogP contribution in [0, 0.1) is 5.92 Å². The minimum atomic E-state index is 0.760. The predicted octanol–water partition coefficient (Wildman–Crippen LogP) is 3.08. The highest BCUT2D eigenvalue weighted by molar-refractivity contribution is 9.10. The topological polar surface area (TPSA) is 3.24 Å². The summed E-state index contributed by atoms with van der Waals surface area (Å²) >= 11 is 3.61. The van der Waals surface area contributed by atoms with Gasteiger partial charge in [0.05, 0.1) is 0 Å². The van der Waals surface area contributed by atoms with E-state index in [9.17, 15) is 0 Å². The number of benzene rings is 1. The third-order valence-corrected chi connectivity index (χ3v) is 3.39. The lowest BCUT2D eigenvalue weighted by Gasteiger charge is -2.32. The molecule has 0 fully saturated rings. The maximum absolute atomic E-state index is 3.61. The van der Waals surface area contributed by atoms with Gasteiger partial charge in [-0.2, -0.15) is 0 Å². The quantitative estimate of drug-likeness (QED) is 0.673. The second-order valence-electron chi connectivity index (χ2n) is 3.93. The summed E-state index contributed by atoms with van der Waals surface area (Å²) in [6, 6.07) is 6.44. The van der Waals surface area contributed by atoms with E-state index in [0.717, 1.165) is 5.92 Å². The van der Waals surface area contributed by atoms with Gasteiger partial charge in [0.2, 0.25) is 0 Å². The zero-order chi connectivity index (χ0) is 9.42. The number of hydrogen-bond acceptors (Lipinski definition) is 1. The van der Waals surface area contributed by atoms with Crippen molar-refractivity contribution in [2.75, 3.05) is 18.5 Å². The molecule has 0 aromatic heterocycles. The summed E-state index contributed by atoms with van der Waals surface area (Å²) in [5, 5.41) is 0. The Morgan fingerprint density at radius 3 is 3.00 bits per heavy atom. The minimum Gasteiger partial charge on any atom is -0.374 e. The zero-order valence-electron chi connectivity index (χ0n) is 8.05. The molecule has 0 amide bonds. The molecule has 1 aliphatic heterocycles. The number of nitrogens with zero attached hydrogens (tertiary/aromatic N) is 1. The monoisotopic (exact) mass is 239 g/mol. The Morgan fingerprint density at radius 1 is 1.46 bits per heavy atom. The fourth-order valence-corrected chi connectivity index (χ4v) is 2.60. The summed E-state index contributed by atoms with van der Waals surface area (Å²) in [5.74, 6) is 0.760. The molecule has 70 valence electrons. The number of halogens is 1. The third-order valence-electron chi connectivity index (χ3n) is 2.64. The highest BCUT2D eigenvalue weighted by Gasteiger charge is 2.20. The van der Waals surface area contributed by atoms with Crippen LogP contribution >= 0.6 is 15.9 Å². The summed E-state index contributed by atoms with van der Waals surface area (Å²) in [5.41, 5.74) is 2.84. The standard InChI is InChI=1S/C11H14BrN/c1-8-6-9-10(12)4-3-5-11(9)13(2)7-8/h3-5,8H,6-7H2,1-2H3. The Balaban J connectivity index is 2.49. The maximum Gasteiger partial charge on any atom is 0.0407 e. The van der Waals surface area contributed by atoms with Crippen molar-refractivity contribution in [2.45, 2.75) is 13.3 Å². The first-order chi connectivity index (χ1) is 6.18. The molecule has 0 aliphatic carbocycles. The molecule has 0 spiro atoms. The van der Waals surface area contributed by atoms with Crippen LogP contribution in [0.1, 0.15) is 12.5 Å². The molecule has 0 N–H and O–H groups in total. The van der Waals surface area contributed by atoms with Crippen LogP contribution in [-0.2, 0) is 6.42 Å². The lowest BCUT2D eigenvalue weighted by atomic mass is 9.94. The van der Waals surface area contributed by atoms with Crippen molar-refractivity contribution < 1.29 is 0 Å². The van der Waals surface area contributed by atoms with Crippen molar-refractivity contribution in [1.82, 2.24) is 0 Å². The van der Waals surface area contributed by atoms with Gasteiger partial charge >= 0.3 is 0 Å². The van der Waals surface area contributed by atoms with Gasteiger partial charge in [0.25, 0.3) is 0 Å². The SMILES string of the molecule is CC1Cc2c(Br)cccc2N(C)C1. The van der Waals surface area contributed by atoms with Crippen LogP contribution in [0.3, 0.4) is 0 Å². The van der Waals surface area contributed by atoms with Crippen molar-refractivity contribution in [2.24, 2.45) is 5.92 Å². The minimum absolute atomic E-state index is 0.760. The maximum atomic E-state index is 3.61. The summed E-state index contributed by atoms with van der Waals surface area (Å²) in [6.07, 6.45) is 1.20. The summed E-state index contributed by atoms with van der Waals surface area (Å²) in [4.78, 5) is 2.34. The Kier molecular flexibility index (Phi) is 2.33. The van der Waals surface area contributed by atoms with E-state index in [-0.39, 0.29) is 0 Å². The van der Waals surface area contributed by atoms with Crippen molar-refractivity contribution in [1.29, 1.82) is 0 Å². The van der Waals surface area contributed by atoms with E-state index in [2.05, 4.69) is 53.0 Å². The molecule has 1 aromatic carbocycles. The highest BCUT2D eigenvalue weighted by atomic mass is 79.9. The van der Waals surface area contributed by atoms with Gasteiger partial charge in [-0.3, -0.25) is 0 Å². The molecular weight excluding hydrogens is 226 g/mol. The van der Waals surface area contributed by atoms with Crippen LogP contribution < -0.4 is 4.90 Å². The summed E-state index contributed by atoms with van der Waals surface area (Å²) in [7, 11) is 2.17. The molecule has 0 radical (unpaired) electrons. The van der Waals surface area contributed by atoms with E-state index in [1.54, 1.807) is 0 Å². The molecule has 2 rings (SSSR count). The molecule has 1 heterocycles. The Morgan fingerprint density at radius 2 is 2.23 bits per heavy atom. The van der Waals surface area contributed by atoms with E-state index in [4.69, 9.17) is 0 Å². The molecule has 0 saturated heterocycles. The lowest BCUT2D eigenvalue weighted by Crippen LogP contribution is -2.30. The molecule has 1 atom stereocenters. The first kappa shape index (κ1) is 9.07. The summed E-state index contributed by atoms with van der Waals surface area (Å²) < 4.78 is 1.25. The fourth-order valence-electron chi connectivity index (χ4n) is 2.09. The van der Waals surface area contributed by atoms with Crippen LogP contribution in [0.2, 0.25) is 0 Å². The Bertz CT molecular complexity index is 322. The Hall–Kier alpha value is -0.500. The third kappa shape index (κ3) is 1.60. The van der Waals surface area contributed by atoms with Crippen molar-refractivity contribution >= 4 is 21.6 Å². The molecule has 1 aromatic rings. The van der Waals surface area contributed by atoms with Gasteiger partial charge in [-0.1, -0.05) is 28.9 Å². The first-order valence-electron chi connectivity index (χ1n) is 4.67. The van der Waals surface area contributed by atoms with Crippen molar-refractivity contribution in [3.05, 3.63) is 28.2 Å². The molecule has 0 saturated carbocycles. The molecule has 1 aliphatic rings. The molecule has 0 bridgehead atoms. The van der Waals surface area contributed by atoms with Gasteiger partial charge in [-0.15, -0.1) is 0 Å². The normalized spacial score (nSPS) is 21.5. The van der Waals surface area contributed by atoms with Gasteiger partial charge in [0, 0.05) is 23.8 Å². The van der Waals surface area contributed by atoms with E-state index in [0.29, 0.717) is 0 Å². The molecule has 1 unspecified atom stereocenters. The van der Waals surface area contributed by atoms with Gasteiger partial charge in [0.1, 0.15) is 0 Å². The molecule has 13 heavy (non-hydrogen) atoms.